The van der Waals surface area contributed by atoms with Gasteiger partial charge in [-0.3, -0.25) is 0 Å². The number of halogens is 1. The third kappa shape index (κ3) is 3.59. The van der Waals surface area contributed by atoms with Gasteiger partial charge in [-0.05, 0) is 42.3 Å². The molecule has 0 spiro atoms. The van der Waals surface area contributed by atoms with Crippen molar-refractivity contribution in [3.05, 3.63) is 59.4 Å². The molecule has 1 atom stereocenters. The van der Waals surface area contributed by atoms with Gasteiger partial charge in [-0.15, -0.1) is 0 Å². The number of amides is 2. The Labute approximate surface area is 140 Å². The zero-order valence-corrected chi connectivity index (χ0v) is 13.6. The molecule has 5 nitrogen and oxygen atoms in total. The molecule has 0 radical (unpaired) electrons. The van der Waals surface area contributed by atoms with E-state index in [-0.39, 0.29) is 24.7 Å². The van der Waals surface area contributed by atoms with Crippen molar-refractivity contribution in [3.8, 4) is 11.5 Å². The molecule has 24 heavy (non-hydrogen) atoms. The molecule has 0 saturated heterocycles. The summed E-state index contributed by atoms with van der Waals surface area (Å²) in [7, 11) is 1.70. The second-order valence-corrected chi connectivity index (χ2v) is 5.77. The first-order valence-corrected chi connectivity index (χ1v) is 7.68. The highest BCUT2D eigenvalue weighted by Gasteiger charge is 2.18. The number of hydrogen-bond acceptors (Lipinski definition) is 3. The van der Waals surface area contributed by atoms with Crippen molar-refractivity contribution in [1.82, 2.24) is 10.2 Å². The smallest absolute Gasteiger partial charge is 0.317 e. The Morgan fingerprint density at radius 1 is 1.21 bits per heavy atom. The molecule has 3 rings (SSSR count). The lowest BCUT2D eigenvalue weighted by Crippen LogP contribution is -2.38. The van der Waals surface area contributed by atoms with Crippen molar-refractivity contribution < 1.29 is 18.7 Å². The van der Waals surface area contributed by atoms with E-state index < -0.39 is 0 Å². The van der Waals surface area contributed by atoms with Gasteiger partial charge in [0.05, 0.1) is 6.04 Å². The van der Waals surface area contributed by atoms with Crippen LogP contribution in [0, 0.1) is 5.82 Å². The van der Waals surface area contributed by atoms with Crippen LogP contribution in [0.2, 0.25) is 0 Å². The number of nitrogens with zero attached hydrogens (tertiary/aromatic N) is 1. The van der Waals surface area contributed by atoms with Crippen molar-refractivity contribution in [2.75, 3.05) is 13.8 Å². The van der Waals surface area contributed by atoms with Gasteiger partial charge in [-0.1, -0.05) is 18.2 Å². The summed E-state index contributed by atoms with van der Waals surface area (Å²) < 4.78 is 23.6. The minimum Gasteiger partial charge on any atom is -0.454 e. The highest BCUT2D eigenvalue weighted by Crippen LogP contribution is 2.34. The van der Waals surface area contributed by atoms with Crippen LogP contribution in [-0.2, 0) is 6.54 Å². The largest absolute Gasteiger partial charge is 0.454 e. The molecule has 1 aliphatic rings. The minimum atomic E-state index is -0.290. The normalized spacial score (nSPS) is 13.5. The molecule has 1 unspecified atom stereocenters. The molecule has 1 aliphatic heterocycles. The number of nitrogens with one attached hydrogen (secondary N) is 1. The van der Waals surface area contributed by atoms with E-state index in [1.807, 2.05) is 25.1 Å². The molecule has 2 aromatic carbocycles. The van der Waals surface area contributed by atoms with Crippen LogP contribution in [0.4, 0.5) is 9.18 Å². The van der Waals surface area contributed by atoms with E-state index in [2.05, 4.69) is 5.32 Å². The topological polar surface area (TPSA) is 50.8 Å². The number of carbonyl (C=O) groups is 1. The fourth-order valence-corrected chi connectivity index (χ4v) is 2.50. The maximum Gasteiger partial charge on any atom is 0.317 e. The summed E-state index contributed by atoms with van der Waals surface area (Å²) in [4.78, 5) is 13.9. The third-order valence-corrected chi connectivity index (χ3v) is 3.92. The third-order valence-electron chi connectivity index (χ3n) is 3.92. The van der Waals surface area contributed by atoms with Crippen LogP contribution in [0.15, 0.2) is 42.5 Å². The molecule has 2 amide bonds. The van der Waals surface area contributed by atoms with E-state index in [0.29, 0.717) is 18.0 Å². The van der Waals surface area contributed by atoms with Crippen LogP contribution < -0.4 is 14.8 Å². The van der Waals surface area contributed by atoms with Crippen molar-refractivity contribution in [2.45, 2.75) is 19.5 Å². The number of carbonyl (C=O) groups excluding carboxylic acids is 1. The molecule has 2 aromatic rings. The fraction of sp³-hybridized carbons (Fsp3) is 0.278. The highest BCUT2D eigenvalue weighted by molar-refractivity contribution is 5.74. The molecule has 126 valence electrons. The molecule has 1 N–H and O–H groups in total. The lowest BCUT2D eigenvalue weighted by Gasteiger charge is -2.22. The summed E-state index contributed by atoms with van der Waals surface area (Å²) in [5.74, 6) is 1.11. The number of hydrogen-bond donors (Lipinski definition) is 1. The van der Waals surface area contributed by atoms with E-state index in [1.165, 1.54) is 12.1 Å². The van der Waals surface area contributed by atoms with Crippen LogP contribution in [0.5, 0.6) is 11.5 Å². The first kappa shape index (κ1) is 16.1. The first-order valence-electron chi connectivity index (χ1n) is 7.68. The zero-order valence-electron chi connectivity index (χ0n) is 13.6. The summed E-state index contributed by atoms with van der Waals surface area (Å²) in [5.41, 5.74) is 1.80. The Balaban J connectivity index is 1.60. The summed E-state index contributed by atoms with van der Waals surface area (Å²) in [6.07, 6.45) is 0. The van der Waals surface area contributed by atoms with Gasteiger partial charge in [0.1, 0.15) is 5.82 Å². The Bertz CT molecular complexity index is 734. The second-order valence-electron chi connectivity index (χ2n) is 5.77. The minimum absolute atomic E-state index is 0.178. The summed E-state index contributed by atoms with van der Waals surface area (Å²) in [5, 5.41) is 2.94. The maximum absolute atomic E-state index is 12.9. The molecule has 1 heterocycles. The van der Waals surface area contributed by atoms with E-state index in [4.69, 9.17) is 9.47 Å². The number of ether oxygens (including phenoxy) is 2. The predicted octanol–water partition coefficient (Wildman–Crippen LogP) is 3.46. The molecular weight excluding hydrogens is 311 g/mol. The first-order chi connectivity index (χ1) is 11.5. The Morgan fingerprint density at radius 2 is 1.92 bits per heavy atom. The zero-order chi connectivity index (χ0) is 17.1. The standard InChI is InChI=1S/C18H19FN2O3/c1-12(14-5-8-16-17(9-14)24-11-23-16)20-18(22)21(2)10-13-3-6-15(19)7-4-13/h3-9,12H,10-11H2,1-2H3,(H,20,22). The SMILES string of the molecule is CC(NC(=O)N(C)Cc1ccc(F)cc1)c1ccc2c(c1)OCO2. The Morgan fingerprint density at radius 3 is 2.67 bits per heavy atom. The van der Waals surface area contributed by atoms with Gasteiger partial charge in [0.25, 0.3) is 0 Å². The number of fused-ring (bicyclic) bond motifs is 1. The van der Waals surface area contributed by atoms with E-state index >= 15 is 0 Å². The van der Waals surface area contributed by atoms with Crippen LogP contribution in [0.3, 0.4) is 0 Å². The Kier molecular flexibility index (Phi) is 4.55. The molecule has 0 aliphatic carbocycles. The predicted molar refractivity (Wildman–Crippen MR) is 87.4 cm³/mol. The molecule has 0 bridgehead atoms. The van der Waals surface area contributed by atoms with Crippen molar-refractivity contribution in [1.29, 1.82) is 0 Å². The van der Waals surface area contributed by atoms with Crippen molar-refractivity contribution >= 4 is 6.03 Å². The molecule has 0 saturated carbocycles. The van der Waals surface area contributed by atoms with Gasteiger partial charge in [0.15, 0.2) is 11.5 Å². The molecule has 6 heteroatoms. The average molecular weight is 330 g/mol. The van der Waals surface area contributed by atoms with Crippen LogP contribution in [0.1, 0.15) is 24.1 Å². The van der Waals surface area contributed by atoms with Gasteiger partial charge in [0.2, 0.25) is 6.79 Å². The summed E-state index contributed by atoms with van der Waals surface area (Å²) in [6.45, 7) is 2.53. The monoisotopic (exact) mass is 330 g/mol. The molecular formula is C18H19FN2O3. The lowest BCUT2D eigenvalue weighted by atomic mass is 10.1. The summed E-state index contributed by atoms with van der Waals surface area (Å²) in [6, 6.07) is 11.3. The quantitative estimate of drug-likeness (QED) is 0.934. The van der Waals surface area contributed by atoms with Crippen LogP contribution in [0.25, 0.3) is 0 Å². The fourth-order valence-electron chi connectivity index (χ4n) is 2.50. The lowest BCUT2D eigenvalue weighted by molar-refractivity contribution is 0.174. The van der Waals surface area contributed by atoms with E-state index in [0.717, 1.165) is 11.1 Å². The number of benzene rings is 2. The molecule has 0 fully saturated rings. The van der Waals surface area contributed by atoms with Gasteiger partial charge < -0.3 is 19.7 Å². The number of urea groups is 1. The van der Waals surface area contributed by atoms with Crippen molar-refractivity contribution in [3.63, 3.8) is 0 Å². The Hall–Kier alpha value is -2.76. The second kappa shape index (κ2) is 6.78. The van der Waals surface area contributed by atoms with Crippen molar-refractivity contribution in [2.24, 2.45) is 0 Å². The van der Waals surface area contributed by atoms with Gasteiger partial charge in [-0.25, -0.2) is 9.18 Å². The van der Waals surface area contributed by atoms with E-state index in [1.54, 1.807) is 24.1 Å². The molecule has 0 aromatic heterocycles. The van der Waals surface area contributed by atoms with Gasteiger partial charge >= 0.3 is 6.03 Å². The van der Waals surface area contributed by atoms with E-state index in [9.17, 15) is 9.18 Å². The average Bonchev–Trinajstić information content (AvgIpc) is 3.04. The van der Waals surface area contributed by atoms with Crippen LogP contribution >= 0.6 is 0 Å². The maximum atomic E-state index is 12.9. The van der Waals surface area contributed by atoms with Gasteiger partial charge in [-0.2, -0.15) is 0 Å². The van der Waals surface area contributed by atoms with Gasteiger partial charge in [0, 0.05) is 13.6 Å². The number of rotatable bonds is 4. The highest BCUT2D eigenvalue weighted by atomic mass is 19.1. The van der Waals surface area contributed by atoms with Crippen LogP contribution in [-0.4, -0.2) is 24.8 Å². The summed E-state index contributed by atoms with van der Waals surface area (Å²) >= 11 is 0.